The highest BCUT2D eigenvalue weighted by Crippen LogP contribution is 2.35. The van der Waals surface area contributed by atoms with E-state index >= 15 is 0 Å². The Bertz CT molecular complexity index is 3290. The molecule has 13 heteroatoms. The molecule has 0 bridgehead atoms. The molecule has 0 aromatic heterocycles. The first kappa shape index (κ1) is 75.5. The van der Waals surface area contributed by atoms with Gasteiger partial charge in [0.05, 0.1) is 40.4 Å². The van der Waals surface area contributed by atoms with Crippen LogP contribution in [0.25, 0.3) is 5.57 Å². The van der Waals surface area contributed by atoms with Crippen LogP contribution in [0.15, 0.2) is 133 Å². The van der Waals surface area contributed by atoms with E-state index in [2.05, 4.69) is 6.58 Å². The number of sulfone groups is 1. The van der Waals surface area contributed by atoms with Crippen LogP contribution >= 0.6 is 0 Å². The maximum absolute atomic E-state index is 13.1. The van der Waals surface area contributed by atoms with Crippen molar-refractivity contribution < 1.29 is 56.1 Å². The molecule has 3 atom stereocenters. The van der Waals surface area contributed by atoms with Crippen molar-refractivity contribution in [1.82, 2.24) is 0 Å². The molecule has 0 amide bonds. The molecule has 0 aliphatic heterocycles. The van der Waals surface area contributed by atoms with Gasteiger partial charge in [0.25, 0.3) is 0 Å². The topological polar surface area (TPSA) is 166 Å². The summed E-state index contributed by atoms with van der Waals surface area (Å²) >= 11 is 0. The van der Waals surface area contributed by atoms with E-state index in [1.807, 2.05) is 177 Å². The van der Waals surface area contributed by atoms with Gasteiger partial charge in [0.15, 0.2) is 21.4 Å². The first-order valence-electron chi connectivity index (χ1n) is 29.6. The summed E-state index contributed by atoms with van der Waals surface area (Å²) in [4.78, 5) is 60.0. The lowest BCUT2D eigenvalue weighted by atomic mass is 9.90. The van der Waals surface area contributed by atoms with Gasteiger partial charge >= 0.3 is 0 Å². The molecule has 1 unspecified atom stereocenters. The monoisotopic (exact) mass is 1210 g/mol. The van der Waals surface area contributed by atoms with E-state index < -0.39 is 21.0 Å². The third-order valence-electron chi connectivity index (χ3n) is 14.9. The van der Waals surface area contributed by atoms with E-state index in [4.69, 9.17) is 23.7 Å². The predicted molar refractivity (Wildman–Crippen MR) is 354 cm³/mol. The minimum Gasteiger partial charge on any atom is -0.496 e. The second-order valence-electron chi connectivity index (χ2n) is 23.3. The maximum atomic E-state index is 13.1. The number of aryl methyl sites for hydroxylation is 5. The van der Waals surface area contributed by atoms with Crippen molar-refractivity contribution in [3.05, 3.63) is 184 Å². The number of benzene rings is 6. The minimum absolute atomic E-state index is 0.0280. The van der Waals surface area contributed by atoms with Gasteiger partial charge in [0, 0.05) is 53.4 Å². The summed E-state index contributed by atoms with van der Waals surface area (Å²) < 4.78 is 52.5. The Labute approximate surface area is 521 Å². The van der Waals surface area contributed by atoms with Gasteiger partial charge in [0.1, 0.15) is 51.3 Å². The lowest BCUT2D eigenvalue weighted by Crippen LogP contribution is -2.26. The van der Waals surface area contributed by atoms with E-state index in [1.54, 1.807) is 78.7 Å². The Morgan fingerprint density at radius 3 is 1.11 bits per heavy atom. The Morgan fingerprint density at radius 2 is 0.747 bits per heavy atom. The van der Waals surface area contributed by atoms with Crippen LogP contribution in [0.4, 0.5) is 0 Å². The van der Waals surface area contributed by atoms with E-state index in [9.17, 15) is 32.4 Å². The third kappa shape index (κ3) is 22.2. The van der Waals surface area contributed by atoms with E-state index in [1.165, 1.54) is 19.2 Å². The van der Waals surface area contributed by atoms with Gasteiger partial charge in [-0.3, -0.25) is 24.0 Å². The first-order chi connectivity index (χ1) is 40.7. The van der Waals surface area contributed by atoms with Gasteiger partial charge in [-0.15, -0.1) is 0 Å². The zero-order valence-corrected chi connectivity index (χ0v) is 56.7. The molecule has 6 rings (SSSR count). The molecule has 0 N–H and O–H groups in total. The van der Waals surface area contributed by atoms with Crippen molar-refractivity contribution in [3.8, 4) is 28.7 Å². The fourth-order valence-corrected chi connectivity index (χ4v) is 10.9. The molecule has 0 radical (unpaired) electrons. The second-order valence-corrected chi connectivity index (χ2v) is 25.4. The van der Waals surface area contributed by atoms with E-state index in [-0.39, 0.29) is 69.3 Å². The second kappa shape index (κ2) is 35.9. The molecule has 6 aromatic carbocycles. The average molecular weight is 1210 g/mol. The van der Waals surface area contributed by atoms with Gasteiger partial charge in [-0.25, -0.2) is 8.42 Å². The fraction of sp³-hybridized carbons (Fsp3) is 0.419. The van der Waals surface area contributed by atoms with Gasteiger partial charge in [-0.05, 0) is 133 Å². The van der Waals surface area contributed by atoms with Crippen LogP contribution in [0, 0.1) is 64.2 Å². The average Bonchev–Trinajstić information content (AvgIpc) is 1.06. The van der Waals surface area contributed by atoms with Crippen LogP contribution in [0.2, 0.25) is 0 Å². The molecule has 87 heavy (non-hydrogen) atoms. The quantitative estimate of drug-likeness (QED) is 0.0591. The number of carbonyl (C=O) groups excluding carboxylic acids is 5. The Kier molecular flexibility index (Phi) is 31.1. The molecule has 0 saturated heterocycles. The summed E-state index contributed by atoms with van der Waals surface area (Å²) in [7, 11) is 4.26. The maximum Gasteiger partial charge on any atom is 0.192 e. The highest BCUT2D eigenvalue weighted by molar-refractivity contribution is 7.92. The summed E-state index contributed by atoms with van der Waals surface area (Å²) in [6, 6.07) is 36.7. The summed E-state index contributed by atoms with van der Waals surface area (Å²) in [6.07, 6.45) is 0.494. The fourth-order valence-electron chi connectivity index (χ4n) is 8.96. The van der Waals surface area contributed by atoms with Crippen molar-refractivity contribution in [2.75, 3.05) is 35.5 Å². The molecule has 0 fully saturated rings. The zero-order valence-electron chi connectivity index (χ0n) is 55.9. The number of ether oxygens (including phenoxy) is 5. The summed E-state index contributed by atoms with van der Waals surface area (Å²) in [6.45, 7) is 36.3. The number of rotatable bonds is 22. The largest absolute Gasteiger partial charge is 0.496 e. The minimum atomic E-state index is -3.84. The van der Waals surface area contributed by atoms with Gasteiger partial charge in [0.2, 0.25) is 0 Å². The van der Waals surface area contributed by atoms with E-state index in [0.29, 0.717) is 23.3 Å². The Morgan fingerprint density at radius 1 is 0.402 bits per heavy atom. The van der Waals surface area contributed by atoms with Crippen molar-refractivity contribution in [2.45, 2.75) is 146 Å². The number of hydrogen-bond acceptors (Lipinski definition) is 12. The lowest BCUT2D eigenvalue weighted by Gasteiger charge is -2.20. The number of carbonyl (C=O) groups is 5. The number of ketones is 5. The molecule has 0 heterocycles. The summed E-state index contributed by atoms with van der Waals surface area (Å²) in [5, 5.41) is -1.24. The van der Waals surface area contributed by atoms with Crippen LogP contribution in [-0.2, 0) is 40.2 Å². The molecule has 12 nitrogen and oxygen atoms in total. The highest BCUT2D eigenvalue weighted by Gasteiger charge is 2.37. The van der Waals surface area contributed by atoms with E-state index in [0.717, 1.165) is 73.1 Å². The SMILES string of the molecule is C=C(C(=O)C(C)C)c1ccc(C)c(OC)c1.COc1cc(C(C(=O)C(C)C)S(=O)(=O)c2ccccc2)ccc1C.COc1cc(CC(=O)C(C)C)ccc1C.COc1cc([C@@H](C)C(=O)C(C)C)ccc1C.COc1cc([C@H](C)C(=O)C(C)C)ccc1C. The predicted octanol–water partition coefficient (Wildman–Crippen LogP) is 16.4. The van der Waals surface area contributed by atoms with Crippen LogP contribution in [0.3, 0.4) is 0 Å². The summed E-state index contributed by atoms with van der Waals surface area (Å²) in [5.74, 6) is 4.14. The molecule has 0 aliphatic rings. The van der Waals surface area contributed by atoms with Crippen molar-refractivity contribution in [1.29, 1.82) is 0 Å². The van der Waals surface area contributed by atoms with Crippen LogP contribution in [0.5, 0.6) is 28.7 Å². The molecule has 0 saturated carbocycles. The van der Waals surface area contributed by atoms with Crippen LogP contribution in [0.1, 0.15) is 156 Å². The number of allylic oxidation sites excluding steroid dienone is 1. The number of Topliss-reactive ketones (excluding diaryl/α,β-unsaturated/α-hetero) is 5. The highest BCUT2D eigenvalue weighted by atomic mass is 32.2. The normalized spacial score (nSPS) is 11.9. The molecular weight excluding hydrogens is 1110 g/mol. The van der Waals surface area contributed by atoms with Crippen molar-refractivity contribution in [2.24, 2.45) is 29.6 Å². The molecule has 6 aromatic rings. The zero-order chi connectivity index (χ0) is 66.2. The standard InChI is InChI=1S/C19H22O4S.2C14H20O2.C14H18O2.C13H18O2/c1-13(2)18(20)19(15-11-10-14(3)17(12-15)23-4)24(21,22)16-8-6-5-7-9-16;3*1-9(2)14(15)11(4)12-7-6-10(3)13(8-12)16-5;1-9(2)12(14)7-11-6-5-10(3)13(8-11)15-4/h5-13,19H,1-4H3;2*6-9,11H,1-5H3;6-9H,4H2,1-3,5H3;5-6,8-9H,7H2,1-4H3/t;2*11-;;/m.10../s1. The number of methoxy groups -OCH3 is 5. The smallest absolute Gasteiger partial charge is 0.192 e. The van der Waals surface area contributed by atoms with Crippen molar-refractivity contribution >= 4 is 44.3 Å². The number of hydrogen-bond donors (Lipinski definition) is 0. The lowest BCUT2D eigenvalue weighted by molar-refractivity contribution is -0.123. The molecule has 0 spiro atoms. The van der Waals surface area contributed by atoms with Crippen molar-refractivity contribution in [3.63, 3.8) is 0 Å². The molecule has 472 valence electrons. The summed E-state index contributed by atoms with van der Waals surface area (Å²) in [5.41, 5.74) is 10.1. The third-order valence-corrected chi connectivity index (χ3v) is 16.9. The van der Waals surface area contributed by atoms with Gasteiger partial charge in [-0.1, -0.05) is 169 Å². The van der Waals surface area contributed by atoms with Crippen LogP contribution in [-0.4, -0.2) is 72.9 Å². The van der Waals surface area contributed by atoms with Gasteiger partial charge in [-0.2, -0.15) is 0 Å². The Hall–Kier alpha value is -7.64. The first-order valence-corrected chi connectivity index (χ1v) is 31.2. The van der Waals surface area contributed by atoms with Gasteiger partial charge < -0.3 is 23.7 Å². The molecule has 0 aliphatic carbocycles. The Balaban J connectivity index is 0.000000376. The molecular formula is C74H98O12S. The van der Waals surface area contributed by atoms with Crippen LogP contribution < -0.4 is 23.7 Å².